The molecule has 0 amide bonds. The second-order valence-corrected chi connectivity index (χ2v) is 10.2. The van der Waals surface area contributed by atoms with Crippen molar-refractivity contribution in [3.05, 3.63) is 60.9 Å². The molecule has 8 nitrogen and oxygen atoms in total. The Balaban J connectivity index is 0.000000168. The lowest BCUT2D eigenvalue weighted by Crippen LogP contribution is -2.37. The van der Waals surface area contributed by atoms with Gasteiger partial charge in [-0.1, -0.05) is 36.4 Å². The topological polar surface area (TPSA) is 69.4 Å². The standard InChI is InChI=1S/C18H27N3O2.C12H15N3/c1-2-22-13-14-23-12-11-20-9-7-17(8-10-20)21-18-6-4-3-5-16(18)15-19-21;1-2-4-12-10(3-1)9-14-15(12)11-5-7-13-8-6-11/h3-6,15,17H,2,7-14H2,1H3;1-4,9,11,13H,5-8H2. The summed E-state index contributed by atoms with van der Waals surface area (Å²) in [7, 11) is 0. The number of hydrogen-bond acceptors (Lipinski definition) is 6. The van der Waals surface area contributed by atoms with E-state index in [2.05, 4.69) is 78.3 Å². The van der Waals surface area contributed by atoms with Gasteiger partial charge in [-0.15, -0.1) is 0 Å². The molecule has 2 saturated heterocycles. The van der Waals surface area contributed by atoms with Gasteiger partial charge >= 0.3 is 0 Å². The highest BCUT2D eigenvalue weighted by molar-refractivity contribution is 5.79. The van der Waals surface area contributed by atoms with Crippen molar-refractivity contribution in [2.75, 3.05) is 59.2 Å². The molecule has 0 radical (unpaired) electrons. The normalized spacial score (nSPS) is 17.6. The number of nitrogens with one attached hydrogen (secondary N) is 1. The van der Waals surface area contributed by atoms with Gasteiger partial charge in [-0.2, -0.15) is 10.2 Å². The van der Waals surface area contributed by atoms with Crippen LogP contribution in [0.25, 0.3) is 21.8 Å². The molecule has 2 aromatic carbocycles. The lowest BCUT2D eigenvalue weighted by molar-refractivity contribution is 0.0385. The Morgan fingerprint density at radius 3 is 1.89 bits per heavy atom. The Bertz CT molecular complexity index is 1240. The first kappa shape index (κ1) is 26.8. The van der Waals surface area contributed by atoms with E-state index in [0.29, 0.717) is 25.3 Å². The first-order valence-electron chi connectivity index (χ1n) is 14.3. The second kappa shape index (κ2) is 13.8. The Labute approximate surface area is 225 Å². The summed E-state index contributed by atoms with van der Waals surface area (Å²) in [4.78, 5) is 2.49. The minimum atomic E-state index is 0.519. The second-order valence-electron chi connectivity index (χ2n) is 10.2. The van der Waals surface area contributed by atoms with Crippen molar-refractivity contribution in [2.45, 2.75) is 44.7 Å². The van der Waals surface area contributed by atoms with Gasteiger partial charge in [-0.25, -0.2) is 0 Å². The zero-order chi connectivity index (χ0) is 26.0. The zero-order valence-corrected chi connectivity index (χ0v) is 22.7. The first-order chi connectivity index (χ1) is 18.8. The maximum Gasteiger partial charge on any atom is 0.0701 e. The van der Waals surface area contributed by atoms with Crippen molar-refractivity contribution in [1.29, 1.82) is 0 Å². The molecular formula is C30H42N6O2. The third-order valence-electron chi connectivity index (χ3n) is 7.70. The number of rotatable bonds is 9. The van der Waals surface area contributed by atoms with Crippen LogP contribution >= 0.6 is 0 Å². The fraction of sp³-hybridized carbons (Fsp3) is 0.533. The third kappa shape index (κ3) is 6.80. The fourth-order valence-corrected chi connectivity index (χ4v) is 5.56. The van der Waals surface area contributed by atoms with Gasteiger partial charge in [0.1, 0.15) is 0 Å². The van der Waals surface area contributed by atoms with Crippen LogP contribution in [-0.4, -0.2) is 83.6 Å². The molecule has 8 heteroatoms. The number of benzene rings is 2. The predicted octanol–water partition coefficient (Wildman–Crippen LogP) is 4.69. The molecule has 0 aliphatic carbocycles. The van der Waals surface area contributed by atoms with Crippen LogP contribution in [0.5, 0.6) is 0 Å². The van der Waals surface area contributed by atoms with Crippen LogP contribution in [0.15, 0.2) is 60.9 Å². The largest absolute Gasteiger partial charge is 0.379 e. The summed E-state index contributed by atoms with van der Waals surface area (Å²) < 4.78 is 15.3. The average Bonchev–Trinajstić information content (AvgIpc) is 3.61. The highest BCUT2D eigenvalue weighted by Crippen LogP contribution is 2.26. The van der Waals surface area contributed by atoms with E-state index in [1.165, 1.54) is 34.6 Å². The summed E-state index contributed by atoms with van der Waals surface area (Å²) in [5.74, 6) is 0. The number of likely N-dealkylation sites (tertiary alicyclic amines) is 1. The van der Waals surface area contributed by atoms with Crippen molar-refractivity contribution in [3.8, 4) is 0 Å². The molecule has 38 heavy (non-hydrogen) atoms. The van der Waals surface area contributed by atoms with Crippen LogP contribution < -0.4 is 5.32 Å². The quantitative estimate of drug-likeness (QED) is 0.324. The van der Waals surface area contributed by atoms with Crippen LogP contribution in [-0.2, 0) is 9.47 Å². The molecule has 0 bridgehead atoms. The third-order valence-corrected chi connectivity index (χ3v) is 7.70. The average molecular weight is 519 g/mol. The van der Waals surface area contributed by atoms with Gasteiger partial charge in [0, 0.05) is 37.0 Å². The predicted molar refractivity (Wildman–Crippen MR) is 153 cm³/mol. The van der Waals surface area contributed by atoms with Crippen molar-refractivity contribution in [1.82, 2.24) is 29.8 Å². The van der Waals surface area contributed by atoms with Crippen molar-refractivity contribution >= 4 is 21.8 Å². The number of hydrogen-bond donors (Lipinski definition) is 1. The van der Waals surface area contributed by atoms with E-state index < -0.39 is 0 Å². The van der Waals surface area contributed by atoms with Crippen molar-refractivity contribution in [2.24, 2.45) is 0 Å². The number of nitrogens with zero attached hydrogens (tertiary/aromatic N) is 5. The molecule has 2 aliphatic rings. The van der Waals surface area contributed by atoms with Gasteiger partial charge in [0.2, 0.25) is 0 Å². The molecule has 204 valence electrons. The monoisotopic (exact) mass is 518 g/mol. The minimum Gasteiger partial charge on any atom is -0.379 e. The van der Waals surface area contributed by atoms with Gasteiger partial charge in [0.25, 0.3) is 0 Å². The van der Waals surface area contributed by atoms with Crippen LogP contribution in [0, 0.1) is 0 Å². The van der Waals surface area contributed by atoms with Crippen molar-refractivity contribution in [3.63, 3.8) is 0 Å². The maximum atomic E-state index is 5.61. The highest BCUT2D eigenvalue weighted by Gasteiger charge is 2.22. The van der Waals surface area contributed by atoms with E-state index in [4.69, 9.17) is 9.47 Å². The van der Waals surface area contributed by atoms with Gasteiger partial charge in [-0.05, 0) is 57.8 Å². The lowest BCUT2D eigenvalue weighted by atomic mass is 10.1. The number of fused-ring (bicyclic) bond motifs is 2. The number of piperidine rings is 2. The zero-order valence-electron chi connectivity index (χ0n) is 22.7. The Morgan fingerprint density at radius 2 is 1.29 bits per heavy atom. The number of ether oxygens (including phenoxy) is 2. The van der Waals surface area contributed by atoms with Gasteiger partial charge in [0.05, 0.1) is 55.3 Å². The summed E-state index contributed by atoms with van der Waals surface area (Å²) in [6.45, 7) is 10.4. The molecule has 2 aromatic heterocycles. The van der Waals surface area contributed by atoms with Gasteiger partial charge in [-0.3, -0.25) is 9.36 Å². The summed E-state index contributed by atoms with van der Waals surface area (Å²) in [5, 5.41) is 15.0. The summed E-state index contributed by atoms with van der Waals surface area (Å²) in [5.41, 5.74) is 2.52. The van der Waals surface area contributed by atoms with E-state index in [-0.39, 0.29) is 0 Å². The smallest absolute Gasteiger partial charge is 0.0701 e. The molecule has 2 fully saturated rings. The molecule has 4 aromatic rings. The van der Waals surface area contributed by atoms with Crippen molar-refractivity contribution < 1.29 is 9.47 Å². The number of aromatic nitrogens is 4. The van der Waals surface area contributed by atoms with Crippen LogP contribution in [0.1, 0.15) is 44.7 Å². The maximum absolute atomic E-state index is 5.61. The molecular weight excluding hydrogens is 476 g/mol. The summed E-state index contributed by atoms with van der Waals surface area (Å²) in [6.07, 6.45) is 8.64. The molecule has 1 N–H and O–H groups in total. The van der Waals surface area contributed by atoms with Crippen LogP contribution in [0.2, 0.25) is 0 Å². The number of para-hydroxylation sites is 2. The van der Waals surface area contributed by atoms with E-state index in [0.717, 1.165) is 58.8 Å². The van der Waals surface area contributed by atoms with Gasteiger partial charge < -0.3 is 19.7 Å². The van der Waals surface area contributed by atoms with Gasteiger partial charge in [0.15, 0.2) is 0 Å². The van der Waals surface area contributed by atoms with E-state index in [1.54, 1.807) is 0 Å². The lowest BCUT2D eigenvalue weighted by Gasteiger charge is -2.32. The molecule has 6 rings (SSSR count). The Morgan fingerprint density at radius 1 is 0.737 bits per heavy atom. The molecule has 0 saturated carbocycles. The van der Waals surface area contributed by atoms with E-state index in [9.17, 15) is 0 Å². The summed E-state index contributed by atoms with van der Waals surface area (Å²) in [6, 6.07) is 18.0. The van der Waals surface area contributed by atoms with Crippen LogP contribution in [0.3, 0.4) is 0 Å². The van der Waals surface area contributed by atoms with E-state index >= 15 is 0 Å². The van der Waals surface area contributed by atoms with Crippen LogP contribution in [0.4, 0.5) is 0 Å². The SMILES string of the molecule is CCOCCOCCN1CCC(n2ncc3ccccc32)CC1.c1ccc2c(c1)cnn2C1CCNCC1. The minimum absolute atomic E-state index is 0.519. The Hall–Kier alpha value is -2.78. The molecule has 4 heterocycles. The molecule has 0 unspecified atom stereocenters. The summed E-state index contributed by atoms with van der Waals surface area (Å²) >= 11 is 0. The molecule has 0 atom stereocenters. The Kier molecular flexibility index (Phi) is 9.77. The fourth-order valence-electron chi connectivity index (χ4n) is 5.56. The molecule has 0 spiro atoms. The molecule has 2 aliphatic heterocycles. The van der Waals surface area contributed by atoms with E-state index in [1.807, 2.05) is 19.3 Å². The highest BCUT2D eigenvalue weighted by atomic mass is 16.5. The first-order valence-corrected chi connectivity index (χ1v) is 14.3.